The van der Waals surface area contributed by atoms with Gasteiger partial charge in [-0.2, -0.15) is 5.26 Å². The molecule has 2 N–H and O–H groups in total. The van der Waals surface area contributed by atoms with E-state index in [2.05, 4.69) is 23.6 Å². The Kier molecular flexibility index (Phi) is 3.96. The first-order valence-corrected chi connectivity index (χ1v) is 6.24. The van der Waals surface area contributed by atoms with Gasteiger partial charge < -0.3 is 10.6 Å². The maximum absolute atomic E-state index is 12.1. The Labute approximate surface area is 107 Å². The molecule has 1 aromatic rings. The molecule has 0 spiro atoms. The summed E-state index contributed by atoms with van der Waals surface area (Å²) >= 11 is 0. The Morgan fingerprint density at radius 3 is 3.00 bits per heavy atom. The highest BCUT2D eigenvalue weighted by Crippen LogP contribution is 2.18. The van der Waals surface area contributed by atoms with Crippen molar-refractivity contribution in [3.8, 4) is 6.07 Å². The lowest BCUT2D eigenvalue weighted by molar-refractivity contribution is -0.119. The lowest BCUT2D eigenvalue weighted by Gasteiger charge is -2.27. The molecule has 1 fully saturated rings. The molecule has 1 amide bonds. The zero-order chi connectivity index (χ0) is 13.0. The Balaban J connectivity index is 2.05. The third-order valence-corrected chi connectivity index (χ3v) is 3.29. The highest BCUT2D eigenvalue weighted by Gasteiger charge is 2.24. The zero-order valence-electron chi connectivity index (χ0n) is 10.4. The maximum Gasteiger partial charge on any atom is 0.241 e. The van der Waals surface area contributed by atoms with Gasteiger partial charge in [0, 0.05) is 0 Å². The van der Waals surface area contributed by atoms with Crippen LogP contribution in [0.1, 0.15) is 25.3 Å². The zero-order valence-corrected chi connectivity index (χ0v) is 10.4. The molecule has 2 unspecified atom stereocenters. The second-order valence-electron chi connectivity index (χ2n) is 4.78. The van der Waals surface area contributed by atoms with E-state index in [4.69, 9.17) is 5.26 Å². The maximum atomic E-state index is 12.1. The largest absolute Gasteiger partial charge is 0.324 e. The van der Waals surface area contributed by atoms with Gasteiger partial charge >= 0.3 is 0 Å². The average Bonchev–Trinajstić information content (AvgIpc) is 2.39. The first kappa shape index (κ1) is 12.6. The van der Waals surface area contributed by atoms with Crippen molar-refractivity contribution >= 4 is 11.6 Å². The van der Waals surface area contributed by atoms with E-state index in [1.807, 2.05) is 6.07 Å². The number of carbonyl (C=O) groups excluding carboxylic acids is 1. The fourth-order valence-corrected chi connectivity index (χ4v) is 2.22. The van der Waals surface area contributed by atoms with Crippen LogP contribution in [0, 0.1) is 17.2 Å². The Bertz CT molecular complexity index is 478. The molecule has 18 heavy (non-hydrogen) atoms. The van der Waals surface area contributed by atoms with E-state index in [-0.39, 0.29) is 11.9 Å². The summed E-state index contributed by atoms with van der Waals surface area (Å²) < 4.78 is 0. The van der Waals surface area contributed by atoms with E-state index in [1.165, 1.54) is 0 Å². The van der Waals surface area contributed by atoms with Crippen LogP contribution in [-0.2, 0) is 4.79 Å². The minimum atomic E-state index is -0.152. The van der Waals surface area contributed by atoms with Gasteiger partial charge in [-0.05, 0) is 37.4 Å². The molecule has 0 aromatic heterocycles. The SMILES string of the molecule is CC1CCNC(C(=O)Nc2ccccc2C#N)C1. The molecular weight excluding hydrogens is 226 g/mol. The normalized spacial score (nSPS) is 23.1. The number of benzene rings is 1. The molecule has 1 aliphatic rings. The number of amides is 1. The topological polar surface area (TPSA) is 64.9 Å². The number of hydrogen-bond acceptors (Lipinski definition) is 3. The summed E-state index contributed by atoms with van der Waals surface area (Å²) in [5, 5.41) is 15.0. The lowest BCUT2D eigenvalue weighted by atomic mass is 9.94. The monoisotopic (exact) mass is 243 g/mol. The quantitative estimate of drug-likeness (QED) is 0.833. The number of nitrogens with zero attached hydrogens (tertiary/aromatic N) is 1. The van der Waals surface area contributed by atoms with Gasteiger partial charge in [0.1, 0.15) is 6.07 Å². The Morgan fingerprint density at radius 2 is 2.28 bits per heavy atom. The Hall–Kier alpha value is -1.86. The van der Waals surface area contributed by atoms with E-state index in [0.717, 1.165) is 19.4 Å². The molecule has 4 nitrogen and oxygen atoms in total. The summed E-state index contributed by atoms with van der Waals surface area (Å²) in [5.41, 5.74) is 1.08. The number of anilines is 1. The van der Waals surface area contributed by atoms with Crippen LogP contribution < -0.4 is 10.6 Å². The van der Waals surface area contributed by atoms with Crippen LogP contribution in [-0.4, -0.2) is 18.5 Å². The van der Waals surface area contributed by atoms with E-state index in [0.29, 0.717) is 17.2 Å². The fraction of sp³-hybridized carbons (Fsp3) is 0.429. The summed E-state index contributed by atoms with van der Waals surface area (Å²) in [5.74, 6) is 0.512. The molecule has 0 bridgehead atoms. The number of hydrogen-bond donors (Lipinski definition) is 2. The second kappa shape index (κ2) is 5.65. The molecule has 1 aliphatic heterocycles. The molecular formula is C14H17N3O. The van der Waals surface area contributed by atoms with Crippen LogP contribution in [0.25, 0.3) is 0 Å². The van der Waals surface area contributed by atoms with Crippen molar-refractivity contribution in [1.29, 1.82) is 5.26 Å². The summed E-state index contributed by atoms with van der Waals surface area (Å²) in [6.45, 7) is 3.03. The van der Waals surface area contributed by atoms with E-state index >= 15 is 0 Å². The second-order valence-corrected chi connectivity index (χ2v) is 4.78. The number of carbonyl (C=O) groups is 1. The van der Waals surface area contributed by atoms with Crippen molar-refractivity contribution < 1.29 is 4.79 Å². The predicted molar refractivity (Wildman–Crippen MR) is 70.0 cm³/mol. The highest BCUT2D eigenvalue weighted by molar-refractivity contribution is 5.96. The highest BCUT2D eigenvalue weighted by atomic mass is 16.2. The van der Waals surface area contributed by atoms with Crippen molar-refractivity contribution in [3.05, 3.63) is 29.8 Å². The molecule has 2 atom stereocenters. The van der Waals surface area contributed by atoms with Crippen molar-refractivity contribution in [2.75, 3.05) is 11.9 Å². The minimum Gasteiger partial charge on any atom is -0.324 e. The lowest BCUT2D eigenvalue weighted by Crippen LogP contribution is -2.45. The van der Waals surface area contributed by atoms with Gasteiger partial charge in [0.2, 0.25) is 5.91 Å². The van der Waals surface area contributed by atoms with Crippen molar-refractivity contribution in [3.63, 3.8) is 0 Å². The number of para-hydroxylation sites is 1. The third-order valence-electron chi connectivity index (χ3n) is 3.29. The van der Waals surface area contributed by atoms with Crippen LogP contribution in [0.3, 0.4) is 0 Å². The van der Waals surface area contributed by atoms with Crippen LogP contribution in [0.15, 0.2) is 24.3 Å². The van der Waals surface area contributed by atoms with E-state index in [1.54, 1.807) is 18.2 Å². The summed E-state index contributed by atoms with van der Waals surface area (Å²) in [7, 11) is 0. The molecule has 4 heteroatoms. The fourth-order valence-electron chi connectivity index (χ4n) is 2.22. The van der Waals surface area contributed by atoms with Gasteiger partial charge in [0.15, 0.2) is 0 Å². The Morgan fingerprint density at radius 1 is 1.50 bits per heavy atom. The summed E-state index contributed by atoms with van der Waals surface area (Å²) in [6.07, 6.45) is 1.96. The molecule has 1 heterocycles. The van der Waals surface area contributed by atoms with Crippen molar-refractivity contribution in [2.24, 2.45) is 5.92 Å². The summed E-state index contributed by atoms with van der Waals surface area (Å²) in [4.78, 5) is 12.1. The van der Waals surface area contributed by atoms with Gasteiger partial charge in [-0.25, -0.2) is 0 Å². The van der Waals surface area contributed by atoms with Crippen LogP contribution in [0.2, 0.25) is 0 Å². The molecule has 94 valence electrons. The first-order chi connectivity index (χ1) is 8.70. The van der Waals surface area contributed by atoms with Crippen LogP contribution >= 0.6 is 0 Å². The smallest absolute Gasteiger partial charge is 0.241 e. The summed E-state index contributed by atoms with van der Waals surface area (Å²) in [6, 6.07) is 8.98. The van der Waals surface area contributed by atoms with Crippen molar-refractivity contribution in [2.45, 2.75) is 25.8 Å². The molecule has 0 aliphatic carbocycles. The molecule has 2 rings (SSSR count). The van der Waals surface area contributed by atoms with Gasteiger partial charge in [-0.15, -0.1) is 0 Å². The number of nitriles is 1. The standard InChI is InChI=1S/C14H17N3O/c1-10-6-7-16-13(8-10)14(18)17-12-5-3-2-4-11(12)9-15/h2-5,10,13,16H,6-8H2,1H3,(H,17,18). The predicted octanol–water partition coefficient (Wildman–Crippen LogP) is 1.88. The molecule has 0 saturated carbocycles. The average molecular weight is 243 g/mol. The van der Waals surface area contributed by atoms with Crippen LogP contribution in [0.4, 0.5) is 5.69 Å². The first-order valence-electron chi connectivity index (χ1n) is 6.24. The van der Waals surface area contributed by atoms with Crippen molar-refractivity contribution in [1.82, 2.24) is 5.32 Å². The van der Waals surface area contributed by atoms with E-state index in [9.17, 15) is 4.79 Å². The molecule has 1 saturated heterocycles. The van der Waals surface area contributed by atoms with Gasteiger partial charge in [-0.3, -0.25) is 4.79 Å². The number of piperidine rings is 1. The van der Waals surface area contributed by atoms with E-state index < -0.39 is 0 Å². The minimum absolute atomic E-state index is 0.0516. The molecule has 1 aromatic carbocycles. The number of rotatable bonds is 2. The third kappa shape index (κ3) is 2.88. The molecule has 0 radical (unpaired) electrons. The van der Waals surface area contributed by atoms with Gasteiger partial charge in [0.25, 0.3) is 0 Å². The van der Waals surface area contributed by atoms with Gasteiger partial charge in [0.05, 0.1) is 17.3 Å². The number of nitrogens with one attached hydrogen (secondary N) is 2. The van der Waals surface area contributed by atoms with Crippen LogP contribution in [0.5, 0.6) is 0 Å². The van der Waals surface area contributed by atoms with Gasteiger partial charge in [-0.1, -0.05) is 19.1 Å².